The van der Waals surface area contributed by atoms with Crippen LogP contribution in [0.25, 0.3) is 0 Å². The third kappa shape index (κ3) is 5.54. The van der Waals surface area contributed by atoms with Gasteiger partial charge < -0.3 is 10.5 Å². The Hall–Kier alpha value is -1.02. The highest BCUT2D eigenvalue weighted by Crippen LogP contribution is 2.11. The summed E-state index contributed by atoms with van der Waals surface area (Å²) in [6.07, 6.45) is 2.16. The number of nitrogens with one attached hydrogen (secondary N) is 1. The van der Waals surface area contributed by atoms with Gasteiger partial charge in [0, 0.05) is 32.5 Å². The number of rotatable bonds is 9. The number of hydrogen-bond acceptors (Lipinski definition) is 5. The lowest BCUT2D eigenvalue weighted by atomic mass is 10.2. The van der Waals surface area contributed by atoms with E-state index in [1.165, 1.54) is 12.3 Å². The van der Waals surface area contributed by atoms with Gasteiger partial charge >= 0.3 is 0 Å². The summed E-state index contributed by atoms with van der Waals surface area (Å²) in [5.74, 6) is 0.481. The van der Waals surface area contributed by atoms with Crippen molar-refractivity contribution >= 4 is 10.0 Å². The fourth-order valence-electron chi connectivity index (χ4n) is 1.60. The van der Waals surface area contributed by atoms with Crippen molar-refractivity contribution in [2.75, 3.05) is 19.8 Å². The topological polar surface area (TPSA) is 94.3 Å². The predicted molar refractivity (Wildman–Crippen MR) is 77.6 cm³/mol. The Kier molecular flexibility index (Phi) is 7.08. The first-order valence-electron chi connectivity index (χ1n) is 6.68. The van der Waals surface area contributed by atoms with Crippen LogP contribution in [0.15, 0.2) is 23.2 Å². The Bertz CT molecular complexity index is 503. The maximum absolute atomic E-state index is 12.1. The Morgan fingerprint density at radius 2 is 2.20 bits per heavy atom. The van der Waals surface area contributed by atoms with Gasteiger partial charge in [-0.1, -0.05) is 13.8 Å². The molecule has 3 N–H and O–H groups in total. The van der Waals surface area contributed by atoms with Gasteiger partial charge in [-0.3, -0.25) is 4.98 Å². The van der Waals surface area contributed by atoms with Gasteiger partial charge in [0.05, 0.1) is 5.69 Å². The lowest BCUT2D eigenvalue weighted by molar-refractivity contribution is 0.108. The highest BCUT2D eigenvalue weighted by molar-refractivity contribution is 7.89. The van der Waals surface area contributed by atoms with E-state index >= 15 is 0 Å². The fourth-order valence-corrected chi connectivity index (χ4v) is 2.87. The van der Waals surface area contributed by atoms with Crippen LogP contribution in [0.4, 0.5) is 0 Å². The molecule has 0 aliphatic heterocycles. The molecule has 6 nitrogen and oxygen atoms in total. The molecule has 0 atom stereocenters. The summed E-state index contributed by atoms with van der Waals surface area (Å²) >= 11 is 0. The Balaban J connectivity index is 2.46. The molecule has 0 bridgehead atoms. The van der Waals surface area contributed by atoms with E-state index in [0.717, 1.165) is 0 Å². The zero-order chi connectivity index (χ0) is 15.0. The Morgan fingerprint density at radius 3 is 2.85 bits per heavy atom. The van der Waals surface area contributed by atoms with E-state index in [0.29, 0.717) is 37.8 Å². The fraction of sp³-hybridized carbons (Fsp3) is 0.615. The molecule has 1 aromatic heterocycles. The van der Waals surface area contributed by atoms with E-state index in [-0.39, 0.29) is 11.4 Å². The van der Waals surface area contributed by atoms with Crippen LogP contribution < -0.4 is 10.5 Å². The molecular formula is C13H23N3O3S. The number of nitrogens with two attached hydrogens (primary N) is 1. The third-order valence-corrected chi connectivity index (χ3v) is 4.07. The summed E-state index contributed by atoms with van der Waals surface area (Å²) in [4.78, 5) is 4.12. The third-order valence-electron chi connectivity index (χ3n) is 2.54. The molecule has 1 heterocycles. The van der Waals surface area contributed by atoms with Crippen LogP contribution in [0.1, 0.15) is 26.0 Å². The molecule has 0 aliphatic rings. The predicted octanol–water partition coefficient (Wildman–Crippen LogP) is 0.881. The molecule has 1 aromatic rings. The van der Waals surface area contributed by atoms with Crippen molar-refractivity contribution in [3.8, 4) is 0 Å². The highest BCUT2D eigenvalue weighted by atomic mass is 32.2. The van der Waals surface area contributed by atoms with Crippen LogP contribution in [-0.4, -0.2) is 33.2 Å². The van der Waals surface area contributed by atoms with Crippen molar-refractivity contribution in [2.45, 2.75) is 31.7 Å². The molecule has 0 radical (unpaired) electrons. The smallest absolute Gasteiger partial charge is 0.242 e. The van der Waals surface area contributed by atoms with Crippen LogP contribution in [0, 0.1) is 5.92 Å². The molecule has 0 unspecified atom stereocenters. The molecule has 114 valence electrons. The van der Waals surface area contributed by atoms with Crippen LogP contribution in [0.3, 0.4) is 0 Å². The maximum atomic E-state index is 12.1. The van der Waals surface area contributed by atoms with Crippen molar-refractivity contribution in [1.29, 1.82) is 0 Å². The van der Waals surface area contributed by atoms with Gasteiger partial charge in [0.1, 0.15) is 4.90 Å². The summed E-state index contributed by atoms with van der Waals surface area (Å²) in [5.41, 5.74) is 5.87. The molecule has 20 heavy (non-hydrogen) atoms. The SMILES string of the molecule is CC(C)COCCCNS(=O)(=O)c1cccnc1CN. The van der Waals surface area contributed by atoms with Crippen molar-refractivity contribution in [3.63, 3.8) is 0 Å². The Labute approximate surface area is 120 Å². The lowest BCUT2D eigenvalue weighted by Gasteiger charge is -2.10. The molecule has 0 fully saturated rings. The van der Waals surface area contributed by atoms with Crippen LogP contribution >= 0.6 is 0 Å². The van der Waals surface area contributed by atoms with E-state index in [4.69, 9.17) is 10.5 Å². The van der Waals surface area contributed by atoms with Crippen LogP contribution in [0.2, 0.25) is 0 Å². The minimum atomic E-state index is -3.55. The molecule has 1 rings (SSSR count). The molecular weight excluding hydrogens is 278 g/mol. The first-order valence-corrected chi connectivity index (χ1v) is 8.17. The highest BCUT2D eigenvalue weighted by Gasteiger charge is 2.17. The largest absolute Gasteiger partial charge is 0.381 e. The van der Waals surface area contributed by atoms with E-state index in [2.05, 4.69) is 23.6 Å². The second kappa shape index (κ2) is 8.31. The van der Waals surface area contributed by atoms with E-state index in [1.54, 1.807) is 6.07 Å². The molecule has 0 amide bonds. The van der Waals surface area contributed by atoms with Crippen molar-refractivity contribution in [1.82, 2.24) is 9.71 Å². The molecule has 7 heteroatoms. The minimum absolute atomic E-state index is 0.0918. The lowest BCUT2D eigenvalue weighted by Crippen LogP contribution is -2.27. The minimum Gasteiger partial charge on any atom is -0.381 e. The number of ether oxygens (including phenoxy) is 1. The quantitative estimate of drug-likeness (QED) is 0.660. The summed E-state index contributed by atoms with van der Waals surface area (Å²) in [6, 6.07) is 3.09. The number of aromatic nitrogens is 1. The van der Waals surface area contributed by atoms with Crippen LogP contribution in [-0.2, 0) is 21.3 Å². The summed E-state index contributed by atoms with van der Waals surface area (Å²) in [7, 11) is -3.55. The van der Waals surface area contributed by atoms with E-state index < -0.39 is 10.0 Å². The van der Waals surface area contributed by atoms with E-state index in [9.17, 15) is 8.42 Å². The van der Waals surface area contributed by atoms with Crippen molar-refractivity contribution < 1.29 is 13.2 Å². The summed E-state index contributed by atoms with van der Waals surface area (Å²) < 4.78 is 32.1. The molecule has 0 saturated heterocycles. The summed E-state index contributed by atoms with van der Waals surface area (Å²) in [6.45, 7) is 5.79. The standard InChI is InChI=1S/C13H23N3O3S/c1-11(2)10-19-8-4-7-16-20(17,18)13-5-3-6-15-12(13)9-14/h3,5-6,11,16H,4,7-10,14H2,1-2H3. The number of hydrogen-bond donors (Lipinski definition) is 2. The van der Waals surface area contributed by atoms with Gasteiger partial charge in [-0.2, -0.15) is 0 Å². The second-order valence-corrected chi connectivity index (χ2v) is 6.61. The number of nitrogens with zero attached hydrogens (tertiary/aromatic N) is 1. The molecule has 0 aromatic carbocycles. The zero-order valence-corrected chi connectivity index (χ0v) is 12.8. The average Bonchev–Trinajstić information content (AvgIpc) is 2.42. The van der Waals surface area contributed by atoms with Gasteiger partial charge in [-0.25, -0.2) is 13.1 Å². The molecule has 0 spiro atoms. The first kappa shape index (κ1) is 17.0. The van der Waals surface area contributed by atoms with Gasteiger partial charge in [-0.05, 0) is 24.5 Å². The maximum Gasteiger partial charge on any atom is 0.242 e. The van der Waals surface area contributed by atoms with Crippen LogP contribution in [0.5, 0.6) is 0 Å². The first-order chi connectivity index (χ1) is 9.47. The van der Waals surface area contributed by atoms with Gasteiger partial charge in [0.15, 0.2) is 0 Å². The normalized spacial score (nSPS) is 12.0. The van der Waals surface area contributed by atoms with Crippen molar-refractivity contribution in [3.05, 3.63) is 24.0 Å². The zero-order valence-electron chi connectivity index (χ0n) is 12.0. The van der Waals surface area contributed by atoms with Crippen molar-refractivity contribution in [2.24, 2.45) is 11.7 Å². The van der Waals surface area contributed by atoms with Gasteiger partial charge in [0.25, 0.3) is 0 Å². The van der Waals surface area contributed by atoms with Gasteiger partial charge in [-0.15, -0.1) is 0 Å². The second-order valence-electron chi connectivity index (χ2n) is 4.87. The monoisotopic (exact) mass is 301 g/mol. The van der Waals surface area contributed by atoms with Gasteiger partial charge in [0.2, 0.25) is 10.0 Å². The number of pyridine rings is 1. The molecule has 0 aliphatic carbocycles. The van der Waals surface area contributed by atoms with E-state index in [1.807, 2.05) is 0 Å². The Morgan fingerprint density at radius 1 is 1.45 bits per heavy atom. The number of sulfonamides is 1. The summed E-state index contributed by atoms with van der Waals surface area (Å²) in [5, 5.41) is 0. The average molecular weight is 301 g/mol. The molecule has 0 saturated carbocycles.